The van der Waals surface area contributed by atoms with Gasteiger partial charge in [-0.1, -0.05) is 35.5 Å². The number of nitrogens with zero attached hydrogens (tertiary/aromatic N) is 1. The predicted octanol–water partition coefficient (Wildman–Crippen LogP) is 2.58. The Morgan fingerprint density at radius 1 is 1.40 bits per heavy atom. The molecular formula is C10H9ClN2OS. The number of aliphatic imine (C=N–C) groups is 1. The Bertz CT molecular complexity index is 420. The van der Waals surface area contributed by atoms with E-state index >= 15 is 0 Å². The first-order chi connectivity index (χ1) is 7.25. The SMILES string of the molecule is O=C1CCSC(=Nc2ccccc2Cl)N1. The molecule has 0 unspecified atom stereocenters. The fraction of sp³-hybridized carbons (Fsp3) is 0.200. The maximum absolute atomic E-state index is 11.1. The van der Waals surface area contributed by atoms with Crippen LogP contribution in [0, 0.1) is 0 Å². The number of thioether (sulfide) groups is 1. The molecule has 1 aromatic carbocycles. The monoisotopic (exact) mass is 240 g/mol. The third kappa shape index (κ3) is 2.73. The van der Waals surface area contributed by atoms with Crippen molar-refractivity contribution in [3.63, 3.8) is 0 Å². The summed E-state index contributed by atoms with van der Waals surface area (Å²) >= 11 is 7.48. The zero-order valence-corrected chi connectivity index (χ0v) is 9.44. The molecule has 0 saturated carbocycles. The highest BCUT2D eigenvalue weighted by Gasteiger charge is 2.13. The van der Waals surface area contributed by atoms with Crippen molar-refractivity contribution < 1.29 is 4.79 Å². The van der Waals surface area contributed by atoms with Crippen molar-refractivity contribution in [3.05, 3.63) is 29.3 Å². The van der Waals surface area contributed by atoms with E-state index in [1.807, 2.05) is 18.2 Å². The fourth-order valence-electron chi connectivity index (χ4n) is 1.17. The third-order valence-electron chi connectivity index (χ3n) is 1.89. The lowest BCUT2D eigenvalue weighted by Gasteiger charge is -2.13. The lowest BCUT2D eigenvalue weighted by Crippen LogP contribution is -2.32. The van der Waals surface area contributed by atoms with Gasteiger partial charge in [0.2, 0.25) is 5.91 Å². The number of halogens is 1. The maximum atomic E-state index is 11.1. The quantitative estimate of drug-likeness (QED) is 0.820. The number of carbonyl (C=O) groups excluding carboxylic acids is 1. The number of nitrogens with one attached hydrogen (secondary N) is 1. The van der Waals surface area contributed by atoms with Gasteiger partial charge in [-0.2, -0.15) is 0 Å². The Labute approximate surface area is 96.9 Å². The van der Waals surface area contributed by atoms with Crippen molar-refractivity contribution in [2.75, 3.05) is 5.75 Å². The van der Waals surface area contributed by atoms with Crippen molar-refractivity contribution >= 4 is 40.1 Å². The number of hydrogen-bond donors (Lipinski definition) is 1. The smallest absolute Gasteiger partial charge is 0.226 e. The molecule has 78 valence electrons. The van der Waals surface area contributed by atoms with Crippen LogP contribution >= 0.6 is 23.4 Å². The second-order valence-corrected chi connectivity index (χ2v) is 4.51. The Morgan fingerprint density at radius 3 is 2.93 bits per heavy atom. The zero-order valence-electron chi connectivity index (χ0n) is 7.87. The van der Waals surface area contributed by atoms with E-state index in [1.54, 1.807) is 6.07 Å². The van der Waals surface area contributed by atoms with E-state index in [0.717, 1.165) is 5.75 Å². The Kier molecular flexibility index (Phi) is 3.28. The lowest BCUT2D eigenvalue weighted by atomic mass is 10.3. The van der Waals surface area contributed by atoms with Crippen LogP contribution < -0.4 is 5.32 Å². The summed E-state index contributed by atoms with van der Waals surface area (Å²) in [4.78, 5) is 15.4. The van der Waals surface area contributed by atoms with Gasteiger partial charge in [0.1, 0.15) is 0 Å². The summed E-state index contributed by atoms with van der Waals surface area (Å²) in [6, 6.07) is 7.30. The Balaban J connectivity index is 2.22. The number of para-hydroxylation sites is 1. The van der Waals surface area contributed by atoms with Crippen LogP contribution in [-0.2, 0) is 4.79 Å². The molecule has 1 heterocycles. The topological polar surface area (TPSA) is 41.5 Å². The van der Waals surface area contributed by atoms with Crippen LogP contribution in [0.4, 0.5) is 5.69 Å². The molecule has 1 amide bonds. The molecule has 1 N–H and O–H groups in total. The van der Waals surface area contributed by atoms with E-state index in [2.05, 4.69) is 10.3 Å². The minimum absolute atomic E-state index is 0.0135. The summed E-state index contributed by atoms with van der Waals surface area (Å²) in [5, 5.41) is 3.92. The number of rotatable bonds is 1. The summed E-state index contributed by atoms with van der Waals surface area (Å²) < 4.78 is 0. The van der Waals surface area contributed by atoms with Crippen LogP contribution in [0.1, 0.15) is 6.42 Å². The summed E-state index contributed by atoms with van der Waals surface area (Å²) in [6.45, 7) is 0. The molecule has 1 aliphatic heterocycles. The minimum Gasteiger partial charge on any atom is -0.305 e. The summed E-state index contributed by atoms with van der Waals surface area (Å²) in [7, 11) is 0. The van der Waals surface area contributed by atoms with Gasteiger partial charge in [0.25, 0.3) is 0 Å². The first kappa shape index (κ1) is 10.5. The van der Waals surface area contributed by atoms with Crippen molar-refractivity contribution in [1.82, 2.24) is 5.32 Å². The molecule has 15 heavy (non-hydrogen) atoms. The molecule has 2 rings (SSSR count). The van der Waals surface area contributed by atoms with Gasteiger partial charge in [-0.15, -0.1) is 0 Å². The van der Waals surface area contributed by atoms with Gasteiger partial charge in [0.15, 0.2) is 5.17 Å². The van der Waals surface area contributed by atoms with Gasteiger partial charge in [0.05, 0.1) is 10.7 Å². The first-order valence-corrected chi connectivity index (χ1v) is 5.88. The van der Waals surface area contributed by atoms with E-state index in [4.69, 9.17) is 11.6 Å². The van der Waals surface area contributed by atoms with E-state index in [9.17, 15) is 4.79 Å². The molecule has 1 aromatic rings. The number of carbonyl (C=O) groups is 1. The van der Waals surface area contributed by atoms with E-state index in [-0.39, 0.29) is 5.91 Å². The molecule has 0 aromatic heterocycles. The van der Waals surface area contributed by atoms with Gasteiger partial charge < -0.3 is 5.32 Å². The van der Waals surface area contributed by atoms with Crippen LogP contribution in [0.2, 0.25) is 5.02 Å². The highest BCUT2D eigenvalue weighted by molar-refractivity contribution is 8.14. The summed E-state index contributed by atoms with van der Waals surface area (Å²) in [5.41, 5.74) is 0.684. The van der Waals surface area contributed by atoms with Crippen LogP contribution in [0.15, 0.2) is 29.3 Å². The van der Waals surface area contributed by atoms with Gasteiger partial charge >= 0.3 is 0 Å². The Hall–Kier alpha value is -1.00. The molecule has 5 heteroatoms. The van der Waals surface area contributed by atoms with Crippen LogP contribution in [0.25, 0.3) is 0 Å². The summed E-state index contributed by atoms with van der Waals surface area (Å²) in [5.74, 6) is 0.786. The average Bonchev–Trinajstić information content (AvgIpc) is 2.22. The molecule has 0 radical (unpaired) electrons. The molecule has 3 nitrogen and oxygen atoms in total. The summed E-state index contributed by atoms with van der Waals surface area (Å²) in [6.07, 6.45) is 0.548. The van der Waals surface area contributed by atoms with Crippen molar-refractivity contribution in [3.8, 4) is 0 Å². The highest BCUT2D eigenvalue weighted by Crippen LogP contribution is 2.25. The molecule has 0 aliphatic carbocycles. The lowest BCUT2D eigenvalue weighted by molar-refractivity contribution is -0.119. The minimum atomic E-state index is 0.0135. The third-order valence-corrected chi connectivity index (χ3v) is 3.08. The Morgan fingerprint density at radius 2 is 2.20 bits per heavy atom. The van der Waals surface area contributed by atoms with E-state index in [1.165, 1.54) is 11.8 Å². The molecular weight excluding hydrogens is 232 g/mol. The molecule has 1 fully saturated rings. The second-order valence-electron chi connectivity index (χ2n) is 3.02. The van der Waals surface area contributed by atoms with Gasteiger partial charge in [-0.3, -0.25) is 4.79 Å². The van der Waals surface area contributed by atoms with Crippen LogP contribution in [-0.4, -0.2) is 16.8 Å². The number of amidine groups is 1. The van der Waals surface area contributed by atoms with Gasteiger partial charge in [0, 0.05) is 12.2 Å². The van der Waals surface area contributed by atoms with Crippen LogP contribution in [0.3, 0.4) is 0 Å². The van der Waals surface area contributed by atoms with E-state index in [0.29, 0.717) is 22.3 Å². The molecule has 0 bridgehead atoms. The fourth-order valence-corrected chi connectivity index (χ4v) is 2.18. The number of amides is 1. The van der Waals surface area contributed by atoms with E-state index < -0.39 is 0 Å². The largest absolute Gasteiger partial charge is 0.305 e. The van der Waals surface area contributed by atoms with Crippen molar-refractivity contribution in [2.24, 2.45) is 4.99 Å². The van der Waals surface area contributed by atoms with Gasteiger partial charge in [-0.25, -0.2) is 4.99 Å². The standard InChI is InChI=1S/C10H9ClN2OS/c11-7-3-1-2-4-8(7)12-10-13-9(14)5-6-15-10/h1-4H,5-6H2,(H,12,13,14). The molecule has 0 spiro atoms. The second kappa shape index (κ2) is 4.68. The zero-order chi connectivity index (χ0) is 10.7. The maximum Gasteiger partial charge on any atom is 0.226 e. The molecule has 0 atom stereocenters. The predicted molar refractivity (Wildman–Crippen MR) is 63.8 cm³/mol. The van der Waals surface area contributed by atoms with Gasteiger partial charge in [-0.05, 0) is 12.1 Å². The highest BCUT2D eigenvalue weighted by atomic mass is 35.5. The number of hydrogen-bond acceptors (Lipinski definition) is 3. The molecule has 1 aliphatic rings. The molecule has 1 saturated heterocycles. The normalized spacial score (nSPS) is 19.0. The van der Waals surface area contributed by atoms with Crippen LogP contribution in [0.5, 0.6) is 0 Å². The van der Waals surface area contributed by atoms with Crippen molar-refractivity contribution in [2.45, 2.75) is 6.42 Å². The number of benzene rings is 1. The average molecular weight is 241 g/mol. The first-order valence-electron chi connectivity index (χ1n) is 4.51. The van der Waals surface area contributed by atoms with Crippen molar-refractivity contribution in [1.29, 1.82) is 0 Å².